The Labute approximate surface area is 122 Å². The Bertz CT molecular complexity index is 520. The van der Waals surface area contributed by atoms with Gasteiger partial charge in [-0.2, -0.15) is 0 Å². The van der Waals surface area contributed by atoms with Crippen molar-refractivity contribution >= 4 is 6.29 Å². The quantitative estimate of drug-likeness (QED) is 0.575. The highest BCUT2D eigenvalue weighted by Gasteiger charge is 2.36. The van der Waals surface area contributed by atoms with Crippen molar-refractivity contribution in [1.82, 2.24) is 0 Å². The molecule has 2 aliphatic rings. The minimum absolute atomic E-state index is 0.101. The summed E-state index contributed by atoms with van der Waals surface area (Å²) < 4.78 is 39.8. The topological polar surface area (TPSA) is 17.1 Å². The van der Waals surface area contributed by atoms with Gasteiger partial charge in [0.25, 0.3) is 0 Å². The zero-order valence-electron chi connectivity index (χ0n) is 11.8. The number of halogens is 3. The van der Waals surface area contributed by atoms with Crippen LogP contribution in [0.1, 0.15) is 50.0 Å². The lowest BCUT2D eigenvalue weighted by atomic mass is 9.64. The Kier molecular flexibility index (Phi) is 4.05. The molecular formula is C17H19F3O. The van der Waals surface area contributed by atoms with Crippen molar-refractivity contribution in [3.8, 4) is 0 Å². The summed E-state index contributed by atoms with van der Waals surface area (Å²) in [6, 6.07) is 2.28. The van der Waals surface area contributed by atoms with E-state index < -0.39 is 17.5 Å². The number of carbonyl (C=O) groups excluding carboxylic acids is 1. The standard InChI is InChI=1S/C17H19F3O/c18-15-7-14(8-16(19)17(15)20)13-4-3-11-5-10(9-21)1-2-12(11)6-13/h7-13H,1-6H2. The number of carbonyl (C=O) groups is 1. The predicted octanol–water partition coefficient (Wildman–Crippen LogP) is 4.60. The SMILES string of the molecule is O=CC1CCC2CC(c3cc(F)c(F)c(F)c3)CCC2C1. The molecule has 0 spiro atoms. The minimum Gasteiger partial charge on any atom is -0.303 e. The summed E-state index contributed by atoms with van der Waals surface area (Å²) in [5.41, 5.74) is 0.572. The highest BCUT2D eigenvalue weighted by Crippen LogP contribution is 2.47. The van der Waals surface area contributed by atoms with E-state index in [1.54, 1.807) is 0 Å². The molecule has 2 aliphatic carbocycles. The van der Waals surface area contributed by atoms with Crippen molar-refractivity contribution in [3.63, 3.8) is 0 Å². The van der Waals surface area contributed by atoms with Crippen molar-refractivity contribution in [2.75, 3.05) is 0 Å². The van der Waals surface area contributed by atoms with E-state index in [0.717, 1.165) is 56.9 Å². The summed E-state index contributed by atoms with van der Waals surface area (Å²) in [4.78, 5) is 10.9. The second-order valence-corrected chi connectivity index (χ2v) is 6.54. The van der Waals surface area contributed by atoms with Gasteiger partial charge in [-0.1, -0.05) is 0 Å². The van der Waals surface area contributed by atoms with Gasteiger partial charge in [-0.3, -0.25) is 0 Å². The molecule has 1 nitrogen and oxygen atoms in total. The Balaban J connectivity index is 1.74. The third kappa shape index (κ3) is 2.85. The molecule has 0 bridgehead atoms. The lowest BCUT2D eigenvalue weighted by Crippen LogP contribution is -2.31. The Morgan fingerprint density at radius 2 is 1.52 bits per heavy atom. The Morgan fingerprint density at radius 3 is 2.19 bits per heavy atom. The molecule has 114 valence electrons. The van der Waals surface area contributed by atoms with Crippen LogP contribution in [0.4, 0.5) is 13.2 Å². The molecule has 0 N–H and O–H groups in total. The molecule has 1 aromatic rings. The van der Waals surface area contributed by atoms with Crippen LogP contribution in [-0.2, 0) is 4.79 Å². The largest absolute Gasteiger partial charge is 0.303 e. The Hall–Kier alpha value is -1.32. The highest BCUT2D eigenvalue weighted by atomic mass is 19.2. The molecule has 4 unspecified atom stereocenters. The number of fused-ring (bicyclic) bond motifs is 1. The van der Waals surface area contributed by atoms with Crippen molar-refractivity contribution in [2.45, 2.75) is 44.4 Å². The van der Waals surface area contributed by atoms with Gasteiger partial charge in [0.15, 0.2) is 17.5 Å². The molecule has 3 rings (SSSR count). The summed E-state index contributed by atoms with van der Waals surface area (Å²) >= 11 is 0. The smallest absolute Gasteiger partial charge is 0.194 e. The zero-order chi connectivity index (χ0) is 15.0. The van der Waals surface area contributed by atoms with Crippen molar-refractivity contribution in [3.05, 3.63) is 35.1 Å². The van der Waals surface area contributed by atoms with E-state index >= 15 is 0 Å². The fourth-order valence-electron chi connectivity index (χ4n) is 4.16. The van der Waals surface area contributed by atoms with Gasteiger partial charge < -0.3 is 4.79 Å². The summed E-state index contributed by atoms with van der Waals surface area (Å²) in [6.45, 7) is 0. The summed E-state index contributed by atoms with van der Waals surface area (Å²) in [7, 11) is 0. The predicted molar refractivity (Wildman–Crippen MR) is 73.3 cm³/mol. The van der Waals surface area contributed by atoms with Crippen LogP contribution in [0, 0.1) is 35.2 Å². The lowest BCUT2D eigenvalue weighted by molar-refractivity contribution is -0.113. The van der Waals surface area contributed by atoms with Crippen molar-refractivity contribution < 1.29 is 18.0 Å². The number of benzene rings is 1. The first-order chi connectivity index (χ1) is 10.1. The van der Waals surface area contributed by atoms with Gasteiger partial charge in [-0.15, -0.1) is 0 Å². The highest BCUT2D eigenvalue weighted by molar-refractivity contribution is 5.53. The van der Waals surface area contributed by atoms with Crippen molar-refractivity contribution in [1.29, 1.82) is 0 Å². The van der Waals surface area contributed by atoms with Gasteiger partial charge in [-0.25, -0.2) is 13.2 Å². The number of rotatable bonds is 2. The molecule has 2 saturated carbocycles. The van der Waals surface area contributed by atoms with Crippen molar-refractivity contribution in [2.24, 2.45) is 17.8 Å². The van der Waals surface area contributed by atoms with E-state index in [-0.39, 0.29) is 11.8 Å². The summed E-state index contributed by atoms with van der Waals surface area (Å²) in [6.07, 6.45) is 6.68. The molecule has 0 aliphatic heterocycles. The third-order valence-electron chi connectivity index (χ3n) is 5.32. The second kappa shape index (κ2) is 5.82. The van der Waals surface area contributed by atoms with Gasteiger partial charge >= 0.3 is 0 Å². The number of hydrogen-bond donors (Lipinski definition) is 0. The average Bonchev–Trinajstić information content (AvgIpc) is 2.51. The van der Waals surface area contributed by atoms with E-state index in [4.69, 9.17) is 0 Å². The molecule has 21 heavy (non-hydrogen) atoms. The maximum Gasteiger partial charge on any atom is 0.194 e. The van der Waals surface area contributed by atoms with E-state index in [1.807, 2.05) is 0 Å². The minimum atomic E-state index is -1.39. The fourth-order valence-corrected chi connectivity index (χ4v) is 4.16. The molecule has 0 radical (unpaired) electrons. The molecule has 1 aromatic carbocycles. The molecule has 2 fully saturated rings. The van der Waals surface area contributed by atoms with E-state index in [0.29, 0.717) is 17.4 Å². The monoisotopic (exact) mass is 296 g/mol. The van der Waals surface area contributed by atoms with Crippen LogP contribution in [0.15, 0.2) is 12.1 Å². The number of hydrogen-bond acceptors (Lipinski definition) is 1. The van der Waals surface area contributed by atoms with Gasteiger partial charge in [0, 0.05) is 5.92 Å². The van der Waals surface area contributed by atoms with Gasteiger partial charge in [0.1, 0.15) is 6.29 Å². The van der Waals surface area contributed by atoms with Crippen LogP contribution in [0.3, 0.4) is 0 Å². The summed E-state index contributed by atoms with van der Waals surface area (Å²) in [5.74, 6) is -2.23. The van der Waals surface area contributed by atoms with E-state index in [1.165, 1.54) is 0 Å². The van der Waals surface area contributed by atoms with E-state index in [2.05, 4.69) is 0 Å². The molecule has 0 heterocycles. The third-order valence-corrected chi connectivity index (χ3v) is 5.32. The lowest BCUT2D eigenvalue weighted by Gasteiger charge is -2.41. The molecule has 4 heteroatoms. The maximum atomic E-state index is 13.4. The maximum absolute atomic E-state index is 13.4. The van der Waals surface area contributed by atoms with E-state index in [9.17, 15) is 18.0 Å². The van der Waals surface area contributed by atoms with Crippen LogP contribution in [0.5, 0.6) is 0 Å². The summed E-state index contributed by atoms with van der Waals surface area (Å²) in [5, 5.41) is 0. The molecule has 4 atom stereocenters. The van der Waals surface area contributed by atoms with Crippen LogP contribution in [0.2, 0.25) is 0 Å². The van der Waals surface area contributed by atoms with Gasteiger partial charge in [0.05, 0.1) is 0 Å². The molecule has 0 amide bonds. The normalized spacial score (nSPS) is 32.5. The molecule has 0 saturated heterocycles. The zero-order valence-corrected chi connectivity index (χ0v) is 11.8. The number of aldehydes is 1. The van der Waals surface area contributed by atoms with Crippen LogP contribution in [0.25, 0.3) is 0 Å². The first kappa shape index (κ1) is 14.6. The molecular weight excluding hydrogens is 277 g/mol. The molecule has 0 aromatic heterocycles. The van der Waals surface area contributed by atoms with Gasteiger partial charge in [0.2, 0.25) is 0 Å². The Morgan fingerprint density at radius 1 is 0.905 bits per heavy atom. The van der Waals surface area contributed by atoms with Crippen LogP contribution >= 0.6 is 0 Å². The van der Waals surface area contributed by atoms with Gasteiger partial charge in [-0.05, 0) is 74.0 Å². The first-order valence-corrected chi connectivity index (χ1v) is 7.68. The fraction of sp³-hybridized carbons (Fsp3) is 0.588. The average molecular weight is 296 g/mol. The van der Waals surface area contributed by atoms with Crippen LogP contribution in [-0.4, -0.2) is 6.29 Å². The van der Waals surface area contributed by atoms with Crippen LogP contribution < -0.4 is 0 Å². The first-order valence-electron chi connectivity index (χ1n) is 7.68. The second-order valence-electron chi connectivity index (χ2n) is 6.54.